The fourth-order valence-electron chi connectivity index (χ4n) is 1.39. The molecule has 1 rings (SSSR count). The maximum Gasteiger partial charge on any atom is 0.224 e. The number of ether oxygens (including phenoxy) is 1. The Morgan fingerprint density at radius 3 is 2.82 bits per heavy atom. The summed E-state index contributed by atoms with van der Waals surface area (Å²) in [5.74, 6) is 0.416. The van der Waals surface area contributed by atoms with Crippen molar-refractivity contribution in [3.8, 4) is 11.5 Å². The Labute approximate surface area is 101 Å². The summed E-state index contributed by atoms with van der Waals surface area (Å²) in [7, 11) is 1.51. The first-order valence-electron chi connectivity index (χ1n) is 5.54. The number of anilines is 1. The minimum Gasteiger partial charge on any atom is -0.506 e. The summed E-state index contributed by atoms with van der Waals surface area (Å²) in [6.45, 7) is 0.584. The predicted octanol–water partition coefficient (Wildman–Crippen LogP) is 1.47. The van der Waals surface area contributed by atoms with Gasteiger partial charge in [-0.25, -0.2) is 0 Å². The van der Waals surface area contributed by atoms with E-state index < -0.39 is 0 Å². The van der Waals surface area contributed by atoms with Crippen molar-refractivity contribution in [2.75, 3.05) is 19.0 Å². The Morgan fingerprint density at radius 1 is 1.47 bits per heavy atom. The lowest BCUT2D eigenvalue weighted by Crippen LogP contribution is -2.12. The lowest BCUT2D eigenvalue weighted by Gasteiger charge is -2.08. The first-order chi connectivity index (χ1) is 8.17. The monoisotopic (exact) mass is 238 g/mol. The van der Waals surface area contributed by atoms with Gasteiger partial charge in [-0.15, -0.1) is 0 Å². The summed E-state index contributed by atoms with van der Waals surface area (Å²) >= 11 is 0. The van der Waals surface area contributed by atoms with E-state index in [0.29, 0.717) is 24.4 Å². The molecule has 0 saturated carbocycles. The van der Waals surface area contributed by atoms with Crippen molar-refractivity contribution in [3.63, 3.8) is 0 Å². The zero-order chi connectivity index (χ0) is 12.7. The van der Waals surface area contributed by atoms with Gasteiger partial charge < -0.3 is 20.9 Å². The number of aromatic hydroxyl groups is 1. The molecular formula is C12H18N2O3. The van der Waals surface area contributed by atoms with Crippen LogP contribution in [0, 0.1) is 0 Å². The average Bonchev–Trinajstić information content (AvgIpc) is 2.32. The predicted molar refractivity (Wildman–Crippen MR) is 66.2 cm³/mol. The van der Waals surface area contributed by atoms with Crippen LogP contribution in [-0.4, -0.2) is 24.7 Å². The number of phenols is 1. The Kier molecular flexibility index (Phi) is 5.29. The summed E-state index contributed by atoms with van der Waals surface area (Å²) in [4.78, 5) is 11.5. The van der Waals surface area contributed by atoms with Gasteiger partial charge in [0.15, 0.2) is 0 Å². The number of methoxy groups -OCH3 is 1. The number of nitrogens with two attached hydrogens (primary N) is 1. The highest BCUT2D eigenvalue weighted by atomic mass is 16.5. The van der Waals surface area contributed by atoms with Crippen LogP contribution in [0.1, 0.15) is 19.3 Å². The number of rotatable bonds is 6. The number of nitrogens with one attached hydrogen (secondary N) is 1. The Balaban J connectivity index is 2.53. The van der Waals surface area contributed by atoms with E-state index in [1.807, 2.05) is 0 Å². The second-order valence-electron chi connectivity index (χ2n) is 3.68. The molecule has 0 atom stereocenters. The van der Waals surface area contributed by atoms with Gasteiger partial charge in [0.2, 0.25) is 5.91 Å². The molecule has 0 unspecified atom stereocenters. The summed E-state index contributed by atoms with van der Waals surface area (Å²) in [5.41, 5.74) is 5.73. The second-order valence-corrected chi connectivity index (χ2v) is 3.68. The van der Waals surface area contributed by atoms with Gasteiger partial charge in [-0.1, -0.05) is 0 Å². The number of carbonyl (C=O) groups excluding carboxylic acids is 1. The van der Waals surface area contributed by atoms with Gasteiger partial charge >= 0.3 is 0 Å². The number of amides is 1. The highest BCUT2D eigenvalue weighted by Gasteiger charge is 2.07. The minimum absolute atomic E-state index is 0.00322. The molecule has 0 radical (unpaired) electrons. The van der Waals surface area contributed by atoms with E-state index in [4.69, 9.17) is 10.5 Å². The van der Waals surface area contributed by atoms with Crippen molar-refractivity contribution in [1.29, 1.82) is 0 Å². The topological polar surface area (TPSA) is 84.6 Å². The van der Waals surface area contributed by atoms with Crippen LogP contribution in [0.15, 0.2) is 18.2 Å². The molecule has 0 fully saturated rings. The molecule has 94 valence electrons. The molecule has 1 amide bonds. The molecule has 0 bridgehead atoms. The number of benzene rings is 1. The van der Waals surface area contributed by atoms with Crippen LogP contribution in [0.3, 0.4) is 0 Å². The van der Waals surface area contributed by atoms with Crippen molar-refractivity contribution in [2.45, 2.75) is 19.3 Å². The van der Waals surface area contributed by atoms with E-state index in [1.165, 1.54) is 13.2 Å². The SMILES string of the molecule is COc1ccc(NC(=O)CCCCN)c(O)c1. The van der Waals surface area contributed by atoms with Gasteiger partial charge in [-0.2, -0.15) is 0 Å². The molecule has 0 aliphatic heterocycles. The van der Waals surface area contributed by atoms with Crippen molar-refractivity contribution >= 4 is 11.6 Å². The molecule has 1 aromatic carbocycles. The average molecular weight is 238 g/mol. The van der Waals surface area contributed by atoms with E-state index in [2.05, 4.69) is 5.32 Å². The van der Waals surface area contributed by atoms with Crippen molar-refractivity contribution in [3.05, 3.63) is 18.2 Å². The van der Waals surface area contributed by atoms with Crippen molar-refractivity contribution in [2.24, 2.45) is 5.73 Å². The summed E-state index contributed by atoms with van der Waals surface area (Å²) in [6.07, 6.45) is 1.98. The lowest BCUT2D eigenvalue weighted by molar-refractivity contribution is -0.116. The molecule has 0 aliphatic rings. The van der Waals surface area contributed by atoms with Gasteiger partial charge in [0.05, 0.1) is 12.8 Å². The van der Waals surface area contributed by atoms with E-state index in [0.717, 1.165) is 12.8 Å². The number of hydrogen-bond donors (Lipinski definition) is 3. The van der Waals surface area contributed by atoms with Crippen molar-refractivity contribution in [1.82, 2.24) is 0 Å². The van der Waals surface area contributed by atoms with E-state index in [-0.39, 0.29) is 11.7 Å². The first-order valence-corrected chi connectivity index (χ1v) is 5.54. The lowest BCUT2D eigenvalue weighted by atomic mass is 10.2. The summed E-state index contributed by atoms with van der Waals surface area (Å²) < 4.78 is 4.95. The quantitative estimate of drug-likeness (QED) is 0.517. The van der Waals surface area contributed by atoms with Crippen LogP contribution in [0.2, 0.25) is 0 Å². The van der Waals surface area contributed by atoms with Crippen LogP contribution in [0.4, 0.5) is 5.69 Å². The fraction of sp³-hybridized carbons (Fsp3) is 0.417. The van der Waals surface area contributed by atoms with Gasteiger partial charge in [-0.3, -0.25) is 4.79 Å². The number of hydrogen-bond acceptors (Lipinski definition) is 4. The van der Waals surface area contributed by atoms with Crippen LogP contribution >= 0.6 is 0 Å². The molecule has 17 heavy (non-hydrogen) atoms. The van der Waals surface area contributed by atoms with Gasteiger partial charge in [0.1, 0.15) is 11.5 Å². The molecule has 0 aliphatic carbocycles. The Bertz CT molecular complexity index is 380. The van der Waals surface area contributed by atoms with E-state index in [9.17, 15) is 9.90 Å². The molecule has 5 nitrogen and oxygen atoms in total. The zero-order valence-electron chi connectivity index (χ0n) is 9.90. The Hall–Kier alpha value is -1.75. The standard InChI is InChI=1S/C12H18N2O3/c1-17-9-5-6-10(11(15)8-9)14-12(16)4-2-3-7-13/h5-6,8,15H,2-4,7,13H2,1H3,(H,14,16). The normalized spacial score (nSPS) is 10.0. The molecule has 4 N–H and O–H groups in total. The maximum absolute atomic E-state index is 11.5. The smallest absolute Gasteiger partial charge is 0.224 e. The molecule has 5 heteroatoms. The van der Waals surface area contributed by atoms with E-state index in [1.54, 1.807) is 12.1 Å². The number of carbonyl (C=O) groups is 1. The maximum atomic E-state index is 11.5. The summed E-state index contributed by atoms with van der Waals surface area (Å²) in [5, 5.41) is 12.3. The molecule has 0 heterocycles. The van der Waals surface area contributed by atoms with Gasteiger partial charge in [-0.05, 0) is 31.5 Å². The molecule has 0 aromatic heterocycles. The van der Waals surface area contributed by atoms with Crippen molar-refractivity contribution < 1.29 is 14.6 Å². The third-order valence-electron chi connectivity index (χ3n) is 2.34. The minimum atomic E-state index is -0.126. The third kappa shape index (κ3) is 4.32. The molecule has 0 saturated heterocycles. The van der Waals surface area contributed by atoms with Crippen LogP contribution < -0.4 is 15.8 Å². The highest BCUT2D eigenvalue weighted by Crippen LogP contribution is 2.27. The van der Waals surface area contributed by atoms with Crippen LogP contribution in [-0.2, 0) is 4.79 Å². The number of phenolic OH excluding ortho intramolecular Hbond substituents is 1. The highest BCUT2D eigenvalue weighted by molar-refractivity contribution is 5.92. The van der Waals surface area contributed by atoms with E-state index >= 15 is 0 Å². The first kappa shape index (κ1) is 13.3. The fourth-order valence-corrected chi connectivity index (χ4v) is 1.39. The molecule has 0 spiro atoms. The number of unbranched alkanes of at least 4 members (excludes halogenated alkanes) is 1. The molecular weight excluding hydrogens is 220 g/mol. The van der Waals surface area contributed by atoms with Crippen LogP contribution in [0.25, 0.3) is 0 Å². The summed E-state index contributed by atoms with van der Waals surface area (Å²) in [6, 6.07) is 4.74. The van der Waals surface area contributed by atoms with Crippen LogP contribution in [0.5, 0.6) is 11.5 Å². The third-order valence-corrected chi connectivity index (χ3v) is 2.34. The second kappa shape index (κ2) is 6.75. The van der Waals surface area contributed by atoms with Gasteiger partial charge in [0, 0.05) is 12.5 Å². The molecule has 1 aromatic rings. The Morgan fingerprint density at radius 2 is 2.24 bits per heavy atom. The van der Waals surface area contributed by atoms with Gasteiger partial charge in [0.25, 0.3) is 0 Å². The largest absolute Gasteiger partial charge is 0.506 e. The zero-order valence-corrected chi connectivity index (χ0v) is 9.90.